The molecule has 0 fully saturated rings. The Morgan fingerprint density at radius 3 is 2.57 bits per heavy atom. The molecule has 1 unspecified atom stereocenters. The predicted molar refractivity (Wildman–Crippen MR) is 56.8 cm³/mol. The molecule has 1 aromatic carbocycles. The molecule has 0 heterocycles. The number of hydrogen-bond acceptors (Lipinski definition) is 1. The van der Waals surface area contributed by atoms with Crippen LogP contribution in [0.3, 0.4) is 0 Å². The molecule has 0 saturated heterocycles. The molecular weight excluding hydrogens is 200 g/mol. The van der Waals surface area contributed by atoms with Gasteiger partial charge >= 0.3 is 5.97 Å². The van der Waals surface area contributed by atoms with Gasteiger partial charge in [0.15, 0.2) is 0 Å². The molecule has 3 heteroatoms. The van der Waals surface area contributed by atoms with Crippen LogP contribution in [0, 0.1) is 5.92 Å². The lowest BCUT2D eigenvalue weighted by Gasteiger charge is -2.20. The second-order valence-corrected chi connectivity index (χ2v) is 3.55. The molecule has 0 aromatic heterocycles. The maximum Gasteiger partial charge on any atom is 0.306 e. The fourth-order valence-electron chi connectivity index (χ4n) is 1.91. The average Bonchev–Trinajstić information content (AvgIpc) is 2.17. The molecule has 1 N–H and O–H groups in total. The number of fused-ring (bicyclic) bond motifs is 1. The van der Waals surface area contributed by atoms with E-state index in [1.807, 2.05) is 18.2 Å². The predicted octanol–water partition coefficient (Wildman–Crippen LogP) is 2.30. The highest BCUT2D eigenvalue weighted by Gasteiger charge is 2.23. The maximum atomic E-state index is 10.8. The minimum absolute atomic E-state index is 0. The summed E-state index contributed by atoms with van der Waals surface area (Å²) < 4.78 is 0. The van der Waals surface area contributed by atoms with E-state index in [0.29, 0.717) is 6.42 Å². The van der Waals surface area contributed by atoms with Gasteiger partial charge in [-0.3, -0.25) is 4.79 Å². The van der Waals surface area contributed by atoms with Gasteiger partial charge in [0.05, 0.1) is 5.92 Å². The molecule has 2 nitrogen and oxygen atoms in total. The number of carboxylic acid groups (broad SMARTS) is 1. The molecule has 1 aliphatic rings. The highest BCUT2D eigenvalue weighted by Crippen LogP contribution is 2.25. The van der Waals surface area contributed by atoms with E-state index in [4.69, 9.17) is 5.11 Å². The summed E-state index contributed by atoms with van der Waals surface area (Å²) in [5, 5.41) is 8.86. The second kappa shape index (κ2) is 4.47. The summed E-state index contributed by atoms with van der Waals surface area (Å²) in [4.78, 5) is 10.8. The lowest BCUT2D eigenvalue weighted by Crippen LogP contribution is -2.21. The molecule has 0 bridgehead atoms. The molecule has 1 aliphatic carbocycles. The van der Waals surface area contributed by atoms with Crippen LogP contribution in [0.25, 0.3) is 0 Å². The summed E-state index contributed by atoms with van der Waals surface area (Å²) in [6.45, 7) is 0. The summed E-state index contributed by atoms with van der Waals surface area (Å²) in [5.74, 6) is -0.829. The van der Waals surface area contributed by atoms with Crippen LogP contribution in [-0.2, 0) is 17.6 Å². The first kappa shape index (κ1) is 11.1. The van der Waals surface area contributed by atoms with Crippen molar-refractivity contribution < 1.29 is 9.90 Å². The van der Waals surface area contributed by atoms with Crippen molar-refractivity contribution >= 4 is 18.4 Å². The average molecular weight is 213 g/mol. The summed E-state index contributed by atoms with van der Waals surface area (Å²) in [6.07, 6.45) is 2.39. The van der Waals surface area contributed by atoms with Crippen LogP contribution in [-0.4, -0.2) is 11.1 Å². The summed E-state index contributed by atoms with van der Waals surface area (Å²) >= 11 is 0. The summed E-state index contributed by atoms with van der Waals surface area (Å²) in [6, 6.07) is 8.11. The zero-order chi connectivity index (χ0) is 9.26. The Labute approximate surface area is 89.4 Å². The van der Waals surface area contributed by atoms with Gasteiger partial charge in [-0.05, 0) is 30.4 Å². The topological polar surface area (TPSA) is 37.3 Å². The van der Waals surface area contributed by atoms with E-state index in [9.17, 15) is 4.79 Å². The van der Waals surface area contributed by atoms with Crippen LogP contribution >= 0.6 is 12.4 Å². The van der Waals surface area contributed by atoms with Gasteiger partial charge in [0.2, 0.25) is 0 Å². The lowest BCUT2D eigenvalue weighted by molar-refractivity contribution is -0.142. The van der Waals surface area contributed by atoms with Crippen molar-refractivity contribution in [3.63, 3.8) is 0 Å². The number of benzene rings is 1. The second-order valence-electron chi connectivity index (χ2n) is 3.55. The van der Waals surface area contributed by atoms with Gasteiger partial charge in [0, 0.05) is 0 Å². The fourth-order valence-corrected chi connectivity index (χ4v) is 1.91. The highest BCUT2D eigenvalue weighted by atomic mass is 35.5. The number of carboxylic acids is 1. The molecule has 0 aliphatic heterocycles. The summed E-state index contributed by atoms with van der Waals surface area (Å²) in [7, 11) is 0. The van der Waals surface area contributed by atoms with Crippen molar-refractivity contribution in [3.05, 3.63) is 35.4 Å². The smallest absolute Gasteiger partial charge is 0.306 e. The van der Waals surface area contributed by atoms with Crippen LogP contribution in [0.15, 0.2) is 24.3 Å². The molecule has 1 aromatic rings. The number of hydrogen-bond donors (Lipinski definition) is 1. The number of carbonyl (C=O) groups is 1. The normalized spacial score (nSPS) is 19.3. The van der Waals surface area contributed by atoms with Gasteiger partial charge in [-0.2, -0.15) is 0 Å². The maximum absolute atomic E-state index is 10.8. The Kier molecular flexibility index (Phi) is 3.53. The molecule has 0 radical (unpaired) electrons. The quantitative estimate of drug-likeness (QED) is 0.776. The van der Waals surface area contributed by atoms with E-state index in [-0.39, 0.29) is 18.3 Å². The highest BCUT2D eigenvalue weighted by molar-refractivity contribution is 5.85. The first-order valence-electron chi connectivity index (χ1n) is 4.57. The van der Waals surface area contributed by atoms with Crippen LogP contribution < -0.4 is 0 Å². The van der Waals surface area contributed by atoms with E-state index in [0.717, 1.165) is 12.8 Å². The molecule has 1 atom stereocenters. The molecule has 0 saturated carbocycles. The Morgan fingerprint density at radius 1 is 1.29 bits per heavy atom. The van der Waals surface area contributed by atoms with Crippen molar-refractivity contribution in [1.82, 2.24) is 0 Å². The van der Waals surface area contributed by atoms with E-state index in [1.165, 1.54) is 11.1 Å². The van der Waals surface area contributed by atoms with Gasteiger partial charge in [0.1, 0.15) is 0 Å². The van der Waals surface area contributed by atoms with Gasteiger partial charge in [0.25, 0.3) is 0 Å². The Balaban J connectivity index is 0.000000980. The van der Waals surface area contributed by atoms with E-state index in [2.05, 4.69) is 6.07 Å². The number of aliphatic carboxylic acids is 1. The van der Waals surface area contributed by atoms with Gasteiger partial charge < -0.3 is 5.11 Å². The first-order valence-corrected chi connectivity index (χ1v) is 4.57. The van der Waals surface area contributed by atoms with E-state index >= 15 is 0 Å². The summed E-state index contributed by atoms with van der Waals surface area (Å²) in [5.41, 5.74) is 2.53. The standard InChI is InChI=1S/C11H12O2.ClH/c12-11(13)10-6-5-8-3-1-2-4-9(8)7-10;/h1-4,10H,5-7H2,(H,12,13);1H. The monoisotopic (exact) mass is 212 g/mol. The number of aryl methyl sites for hydroxylation is 1. The Bertz CT molecular complexity index is 336. The van der Waals surface area contributed by atoms with E-state index < -0.39 is 5.97 Å². The van der Waals surface area contributed by atoms with Crippen molar-refractivity contribution in [1.29, 1.82) is 0 Å². The third kappa shape index (κ3) is 2.07. The molecular formula is C11H13ClO2. The van der Waals surface area contributed by atoms with Crippen molar-refractivity contribution in [2.24, 2.45) is 5.92 Å². The van der Waals surface area contributed by atoms with Crippen LogP contribution in [0.2, 0.25) is 0 Å². The third-order valence-electron chi connectivity index (χ3n) is 2.70. The molecule has 0 spiro atoms. The third-order valence-corrected chi connectivity index (χ3v) is 2.70. The molecule has 14 heavy (non-hydrogen) atoms. The van der Waals surface area contributed by atoms with E-state index in [1.54, 1.807) is 0 Å². The van der Waals surface area contributed by atoms with Crippen molar-refractivity contribution in [2.45, 2.75) is 19.3 Å². The van der Waals surface area contributed by atoms with Gasteiger partial charge in [-0.25, -0.2) is 0 Å². The Morgan fingerprint density at radius 2 is 1.93 bits per heavy atom. The number of halogens is 1. The van der Waals surface area contributed by atoms with Gasteiger partial charge in [-0.15, -0.1) is 12.4 Å². The largest absolute Gasteiger partial charge is 0.481 e. The number of rotatable bonds is 1. The minimum Gasteiger partial charge on any atom is -0.481 e. The fraction of sp³-hybridized carbons (Fsp3) is 0.364. The van der Waals surface area contributed by atoms with Crippen molar-refractivity contribution in [2.75, 3.05) is 0 Å². The van der Waals surface area contributed by atoms with Crippen LogP contribution in [0.5, 0.6) is 0 Å². The lowest BCUT2D eigenvalue weighted by atomic mass is 9.84. The zero-order valence-electron chi connectivity index (χ0n) is 7.77. The molecule has 76 valence electrons. The Hall–Kier alpha value is -1.02. The first-order chi connectivity index (χ1) is 6.27. The molecule has 2 rings (SSSR count). The van der Waals surface area contributed by atoms with Crippen LogP contribution in [0.1, 0.15) is 17.5 Å². The minimum atomic E-state index is -0.658. The van der Waals surface area contributed by atoms with Crippen molar-refractivity contribution in [3.8, 4) is 0 Å². The SMILES string of the molecule is Cl.O=C(O)C1CCc2ccccc2C1. The zero-order valence-corrected chi connectivity index (χ0v) is 8.59. The molecule has 0 amide bonds. The van der Waals surface area contributed by atoms with Crippen LogP contribution in [0.4, 0.5) is 0 Å². The van der Waals surface area contributed by atoms with Gasteiger partial charge in [-0.1, -0.05) is 24.3 Å².